The van der Waals surface area contributed by atoms with Crippen molar-refractivity contribution in [1.82, 2.24) is 10.3 Å². The van der Waals surface area contributed by atoms with Gasteiger partial charge in [0, 0.05) is 20.1 Å². The van der Waals surface area contributed by atoms with Crippen molar-refractivity contribution in [3.8, 4) is 0 Å². The van der Waals surface area contributed by atoms with Crippen LogP contribution in [0, 0.1) is 0 Å². The largest absolute Gasteiger partial charge is 0.382 e. The minimum atomic E-state index is -0.128. The second-order valence-electron chi connectivity index (χ2n) is 4.47. The molecule has 0 aliphatic rings. The quantitative estimate of drug-likeness (QED) is 0.754. The maximum Gasteiger partial charge on any atom is 0.265 e. The predicted octanol–water partition coefficient (Wildman–Crippen LogP) is 2.05. The lowest BCUT2D eigenvalue weighted by atomic mass is 10.2. The molecule has 1 rings (SSSR count). The van der Waals surface area contributed by atoms with E-state index in [4.69, 9.17) is 5.73 Å². The zero-order valence-corrected chi connectivity index (χ0v) is 13.5. The lowest BCUT2D eigenvalue weighted by Gasteiger charge is -2.12. The Morgan fingerprint density at radius 1 is 1.58 bits per heavy atom. The number of nitrogens with zero attached hydrogens (tertiary/aromatic N) is 2. The zero-order chi connectivity index (χ0) is 14.4. The summed E-state index contributed by atoms with van der Waals surface area (Å²) >= 11 is 3.20. The maximum atomic E-state index is 12.1. The zero-order valence-electron chi connectivity index (χ0n) is 11.9. The number of nitrogen functional groups attached to an aromatic ring is 1. The Hall–Kier alpha value is -0.950. The van der Waals surface area contributed by atoms with E-state index in [-0.39, 0.29) is 11.9 Å². The van der Waals surface area contributed by atoms with Crippen LogP contribution < -0.4 is 16.0 Å². The first-order valence-corrected chi connectivity index (χ1v) is 8.25. The van der Waals surface area contributed by atoms with E-state index < -0.39 is 0 Å². The number of aromatic nitrogens is 1. The van der Waals surface area contributed by atoms with Gasteiger partial charge in [-0.05, 0) is 24.9 Å². The maximum absolute atomic E-state index is 12.1. The Bertz CT molecular complexity index is 420. The molecule has 108 valence electrons. The fourth-order valence-electron chi connectivity index (χ4n) is 1.44. The summed E-state index contributed by atoms with van der Waals surface area (Å²) in [6, 6.07) is 0.149. The number of carbonyl (C=O) groups is 1. The summed E-state index contributed by atoms with van der Waals surface area (Å²) in [5.74, 6) is 2.34. The van der Waals surface area contributed by atoms with Gasteiger partial charge in [-0.3, -0.25) is 4.79 Å². The summed E-state index contributed by atoms with van der Waals surface area (Å²) in [6.07, 6.45) is 0.962. The lowest BCUT2D eigenvalue weighted by Crippen LogP contribution is -2.32. The Morgan fingerprint density at radius 3 is 2.79 bits per heavy atom. The van der Waals surface area contributed by atoms with E-state index >= 15 is 0 Å². The van der Waals surface area contributed by atoms with Gasteiger partial charge in [-0.1, -0.05) is 18.3 Å². The normalized spacial score (nSPS) is 12.2. The van der Waals surface area contributed by atoms with E-state index in [0.717, 1.165) is 23.1 Å². The van der Waals surface area contributed by atoms with Gasteiger partial charge >= 0.3 is 0 Å². The van der Waals surface area contributed by atoms with E-state index in [1.54, 1.807) is 0 Å². The summed E-state index contributed by atoms with van der Waals surface area (Å²) in [4.78, 5) is 18.6. The molecule has 1 aromatic rings. The number of hydrogen-bond donors (Lipinski definition) is 2. The topological polar surface area (TPSA) is 71.2 Å². The number of amides is 1. The number of thiazole rings is 1. The highest BCUT2D eigenvalue weighted by atomic mass is 32.2. The molecule has 1 atom stereocenters. The molecule has 0 radical (unpaired) electrons. The molecule has 0 bridgehead atoms. The molecule has 0 spiro atoms. The van der Waals surface area contributed by atoms with Crippen molar-refractivity contribution in [3.05, 3.63) is 4.88 Å². The van der Waals surface area contributed by atoms with Crippen molar-refractivity contribution in [2.24, 2.45) is 0 Å². The molecule has 1 aromatic heterocycles. The number of anilines is 2. The van der Waals surface area contributed by atoms with Gasteiger partial charge in [0.25, 0.3) is 5.91 Å². The van der Waals surface area contributed by atoms with Crippen molar-refractivity contribution >= 4 is 40.0 Å². The van der Waals surface area contributed by atoms with E-state index in [9.17, 15) is 4.79 Å². The molecule has 0 aromatic carbocycles. The van der Waals surface area contributed by atoms with Gasteiger partial charge in [0.05, 0.1) is 0 Å². The Morgan fingerprint density at radius 2 is 2.26 bits per heavy atom. The van der Waals surface area contributed by atoms with Crippen molar-refractivity contribution in [3.63, 3.8) is 0 Å². The van der Waals surface area contributed by atoms with Gasteiger partial charge < -0.3 is 16.0 Å². The standard InChI is InChI=1S/C12H22N4OS2/c1-5-18-7-6-8(2)14-11(17)9-10(13)15-12(19-9)16(3)4/h8H,5-7,13H2,1-4H3,(H,14,17). The van der Waals surface area contributed by atoms with Crippen molar-refractivity contribution < 1.29 is 4.79 Å². The summed E-state index contributed by atoms with van der Waals surface area (Å²) in [6.45, 7) is 4.15. The lowest BCUT2D eigenvalue weighted by molar-refractivity contribution is 0.0944. The Balaban J connectivity index is 2.57. The van der Waals surface area contributed by atoms with Crippen molar-refractivity contribution in [1.29, 1.82) is 0 Å². The highest BCUT2D eigenvalue weighted by Crippen LogP contribution is 2.26. The molecule has 0 saturated heterocycles. The molecule has 0 aliphatic carbocycles. The monoisotopic (exact) mass is 302 g/mol. The van der Waals surface area contributed by atoms with Crippen LogP contribution in [0.1, 0.15) is 29.9 Å². The summed E-state index contributed by atoms with van der Waals surface area (Å²) in [7, 11) is 3.76. The summed E-state index contributed by atoms with van der Waals surface area (Å²) in [5.41, 5.74) is 5.79. The van der Waals surface area contributed by atoms with Crippen LogP contribution in [0.15, 0.2) is 0 Å². The molecule has 5 nitrogen and oxygen atoms in total. The van der Waals surface area contributed by atoms with Gasteiger partial charge in [-0.2, -0.15) is 11.8 Å². The number of carbonyl (C=O) groups excluding carboxylic acids is 1. The molecular formula is C12H22N4OS2. The van der Waals surface area contributed by atoms with E-state index in [1.165, 1.54) is 11.3 Å². The molecular weight excluding hydrogens is 280 g/mol. The minimum absolute atomic E-state index is 0.128. The van der Waals surface area contributed by atoms with Crippen LogP contribution in [-0.2, 0) is 0 Å². The van der Waals surface area contributed by atoms with Gasteiger partial charge in [0.15, 0.2) is 5.13 Å². The van der Waals surface area contributed by atoms with Crippen LogP contribution in [0.5, 0.6) is 0 Å². The fraction of sp³-hybridized carbons (Fsp3) is 0.667. The van der Waals surface area contributed by atoms with Crippen LogP contribution in [0.25, 0.3) is 0 Å². The van der Waals surface area contributed by atoms with Crippen LogP contribution >= 0.6 is 23.1 Å². The number of hydrogen-bond acceptors (Lipinski definition) is 6. The van der Waals surface area contributed by atoms with Gasteiger partial charge in [0.2, 0.25) is 0 Å². The average molecular weight is 302 g/mol. The molecule has 7 heteroatoms. The first-order chi connectivity index (χ1) is 8.95. The number of nitrogens with one attached hydrogen (secondary N) is 1. The third-order valence-electron chi connectivity index (χ3n) is 2.51. The second kappa shape index (κ2) is 7.59. The van der Waals surface area contributed by atoms with Gasteiger partial charge in [0.1, 0.15) is 10.7 Å². The summed E-state index contributed by atoms with van der Waals surface area (Å²) < 4.78 is 0. The summed E-state index contributed by atoms with van der Waals surface area (Å²) in [5, 5.41) is 3.71. The molecule has 1 heterocycles. The molecule has 19 heavy (non-hydrogen) atoms. The molecule has 0 saturated carbocycles. The molecule has 3 N–H and O–H groups in total. The fourth-order valence-corrected chi connectivity index (χ4v) is 3.06. The third-order valence-corrected chi connectivity index (χ3v) is 4.68. The first kappa shape index (κ1) is 16.1. The predicted molar refractivity (Wildman–Crippen MR) is 85.4 cm³/mol. The molecule has 0 aliphatic heterocycles. The van der Waals surface area contributed by atoms with Crippen molar-refractivity contribution in [2.75, 3.05) is 36.2 Å². The smallest absolute Gasteiger partial charge is 0.265 e. The van der Waals surface area contributed by atoms with Gasteiger partial charge in [-0.25, -0.2) is 4.98 Å². The van der Waals surface area contributed by atoms with Crippen LogP contribution in [0.4, 0.5) is 10.9 Å². The van der Waals surface area contributed by atoms with E-state index in [1.807, 2.05) is 37.7 Å². The molecule has 0 fully saturated rings. The van der Waals surface area contributed by atoms with Crippen LogP contribution in [0.3, 0.4) is 0 Å². The highest BCUT2D eigenvalue weighted by molar-refractivity contribution is 7.99. The SMILES string of the molecule is CCSCCC(C)NC(=O)c1sc(N(C)C)nc1N. The number of rotatable bonds is 7. The van der Waals surface area contributed by atoms with Crippen molar-refractivity contribution in [2.45, 2.75) is 26.3 Å². The van der Waals surface area contributed by atoms with Crippen LogP contribution in [0.2, 0.25) is 0 Å². The first-order valence-electron chi connectivity index (χ1n) is 6.28. The third kappa shape index (κ3) is 4.91. The van der Waals surface area contributed by atoms with Gasteiger partial charge in [-0.15, -0.1) is 0 Å². The number of nitrogens with two attached hydrogens (primary N) is 1. The van der Waals surface area contributed by atoms with E-state index in [0.29, 0.717) is 10.7 Å². The average Bonchev–Trinajstić information content (AvgIpc) is 2.72. The Kier molecular flexibility index (Phi) is 6.44. The van der Waals surface area contributed by atoms with E-state index in [2.05, 4.69) is 17.2 Å². The highest BCUT2D eigenvalue weighted by Gasteiger charge is 2.18. The number of thioether (sulfide) groups is 1. The molecule has 1 unspecified atom stereocenters. The van der Waals surface area contributed by atoms with Crippen LogP contribution in [-0.4, -0.2) is 42.5 Å². The second-order valence-corrected chi connectivity index (χ2v) is 6.84. The Labute approximate surface area is 123 Å². The minimum Gasteiger partial charge on any atom is -0.382 e. The molecule has 1 amide bonds.